The van der Waals surface area contributed by atoms with Crippen LogP contribution in [0.1, 0.15) is 0 Å². The van der Waals surface area contributed by atoms with Gasteiger partial charge in [0.25, 0.3) is 0 Å². The summed E-state index contributed by atoms with van der Waals surface area (Å²) in [6, 6.07) is 12.0. The van der Waals surface area contributed by atoms with Gasteiger partial charge in [-0.3, -0.25) is 0 Å². The minimum absolute atomic E-state index is 0. The van der Waals surface area contributed by atoms with Crippen LogP contribution >= 0.6 is 37.2 Å². The van der Waals surface area contributed by atoms with E-state index in [2.05, 4.69) is 0 Å². The molecule has 4 heteroatoms. The minimum atomic E-state index is 0. The van der Waals surface area contributed by atoms with Crippen LogP contribution in [0.15, 0.2) is 36.4 Å². The van der Waals surface area contributed by atoms with Gasteiger partial charge in [0.1, 0.15) is 0 Å². The van der Waals surface area contributed by atoms with Crippen LogP contribution in [0.25, 0.3) is 0 Å². The van der Waals surface area contributed by atoms with E-state index in [4.69, 9.17) is 0 Å². The minimum Gasteiger partial charge on any atom is -0.147 e. The van der Waals surface area contributed by atoms with E-state index in [1.54, 1.807) is 0 Å². The maximum Gasteiger partial charge on any atom is 0 e. The molecule has 1 aromatic carbocycles. The Morgan fingerprint density at radius 3 is 0.600 bits per heavy atom. The van der Waals surface area contributed by atoms with Gasteiger partial charge in [0.05, 0.1) is 0 Å². The van der Waals surface area contributed by atoms with Crippen LogP contribution in [-0.4, -0.2) is 0 Å². The number of benzene rings is 1. The summed E-state index contributed by atoms with van der Waals surface area (Å²) in [5.74, 6) is 0. The molecule has 1 aromatic rings. The molecule has 0 N–H and O–H groups in total. The summed E-state index contributed by atoms with van der Waals surface area (Å²) in [4.78, 5) is 0. The fourth-order valence-corrected chi connectivity index (χ4v) is 0.385. The normalized spacial score (nSPS) is 4.80. The molecule has 0 aliphatic heterocycles. The molecule has 0 heterocycles. The van der Waals surface area contributed by atoms with Gasteiger partial charge in [0.2, 0.25) is 0 Å². The smallest absolute Gasteiger partial charge is 0 e. The van der Waals surface area contributed by atoms with Crippen LogP contribution in [0.2, 0.25) is 0 Å². The first kappa shape index (κ1) is 22.4. The fraction of sp³-hybridized carbons (Fsp3) is 0. The second-order valence-electron chi connectivity index (χ2n) is 1.15. The van der Waals surface area contributed by atoms with E-state index in [0.717, 1.165) is 0 Å². The van der Waals surface area contributed by atoms with E-state index < -0.39 is 0 Å². The van der Waals surface area contributed by atoms with Gasteiger partial charge in [-0.25, -0.2) is 0 Å². The summed E-state index contributed by atoms with van der Waals surface area (Å²) < 4.78 is 0. The molecule has 0 aromatic heterocycles. The Bertz CT molecular complexity index is 84.9. The summed E-state index contributed by atoms with van der Waals surface area (Å²) in [7, 11) is 0. The molecule has 0 unspecified atom stereocenters. The Morgan fingerprint density at radius 1 is 0.400 bits per heavy atom. The van der Waals surface area contributed by atoms with E-state index in [9.17, 15) is 0 Å². The van der Waals surface area contributed by atoms with Gasteiger partial charge in [-0.1, -0.05) is 36.4 Å². The standard InChI is InChI=1S/C6H6.3ClH.V/c1-2-4-6-5-3-1;;;;/h1-6H;3*1H;. The first-order valence-electron chi connectivity index (χ1n) is 2.00. The van der Waals surface area contributed by atoms with E-state index in [1.165, 1.54) is 0 Å². The van der Waals surface area contributed by atoms with Gasteiger partial charge in [0.15, 0.2) is 0 Å². The third kappa shape index (κ3) is 11.5. The Balaban J connectivity index is -0.0000000450. The summed E-state index contributed by atoms with van der Waals surface area (Å²) >= 11 is 0. The molecule has 0 saturated carbocycles. The van der Waals surface area contributed by atoms with Crippen molar-refractivity contribution in [2.45, 2.75) is 0 Å². The largest absolute Gasteiger partial charge is 0.147 e. The van der Waals surface area contributed by atoms with E-state index >= 15 is 0 Å². The van der Waals surface area contributed by atoms with Crippen molar-refractivity contribution in [3.05, 3.63) is 36.4 Å². The Morgan fingerprint density at radius 2 is 0.500 bits per heavy atom. The van der Waals surface area contributed by atoms with Crippen molar-refractivity contribution >= 4 is 37.2 Å². The first-order valence-corrected chi connectivity index (χ1v) is 2.00. The molecule has 1 radical (unpaired) electrons. The van der Waals surface area contributed by atoms with Crippen LogP contribution < -0.4 is 0 Å². The summed E-state index contributed by atoms with van der Waals surface area (Å²) in [5, 5.41) is 0. The monoisotopic (exact) mass is 237 g/mol. The molecule has 0 saturated heterocycles. The molecule has 0 amide bonds. The molecule has 0 fully saturated rings. The molecule has 0 nitrogen and oxygen atoms in total. The number of hydrogen-bond donors (Lipinski definition) is 0. The zero-order chi connectivity index (χ0) is 4.24. The fourth-order valence-electron chi connectivity index (χ4n) is 0.385. The maximum absolute atomic E-state index is 2.00. The second kappa shape index (κ2) is 16.3. The topological polar surface area (TPSA) is 0 Å². The average molecular weight is 238 g/mol. The van der Waals surface area contributed by atoms with Gasteiger partial charge in [0, 0.05) is 18.6 Å². The zero-order valence-electron chi connectivity index (χ0n) is 5.14. The Hall–Kier alpha value is 0.674. The third-order valence-electron chi connectivity index (χ3n) is 0.667. The molecule has 59 valence electrons. The number of halogens is 3. The van der Waals surface area contributed by atoms with Crippen LogP contribution in [0.5, 0.6) is 0 Å². The van der Waals surface area contributed by atoms with Crippen molar-refractivity contribution in [3.63, 3.8) is 0 Å². The van der Waals surface area contributed by atoms with Gasteiger partial charge >= 0.3 is 0 Å². The molecule has 1 rings (SSSR count). The molecule has 0 atom stereocenters. The van der Waals surface area contributed by atoms with Crippen molar-refractivity contribution in [1.29, 1.82) is 0 Å². The maximum atomic E-state index is 2.00. The summed E-state index contributed by atoms with van der Waals surface area (Å²) in [6.45, 7) is 0. The summed E-state index contributed by atoms with van der Waals surface area (Å²) in [6.07, 6.45) is 0. The predicted molar refractivity (Wildman–Crippen MR) is 48.2 cm³/mol. The van der Waals surface area contributed by atoms with Gasteiger partial charge < -0.3 is 0 Å². The van der Waals surface area contributed by atoms with Crippen molar-refractivity contribution in [1.82, 2.24) is 0 Å². The first-order chi connectivity index (χ1) is 3.00. The average Bonchev–Trinajstić information content (AvgIpc) is 1.72. The van der Waals surface area contributed by atoms with E-state index in [0.29, 0.717) is 0 Å². The van der Waals surface area contributed by atoms with Crippen molar-refractivity contribution in [2.24, 2.45) is 0 Å². The van der Waals surface area contributed by atoms with Crippen molar-refractivity contribution in [3.8, 4) is 0 Å². The quantitative estimate of drug-likeness (QED) is 0.652. The molecule has 0 aliphatic rings. The van der Waals surface area contributed by atoms with Crippen LogP contribution in [0, 0.1) is 0 Å². The SMILES string of the molecule is Cl.Cl.Cl.[V].c1ccccc1. The Labute approximate surface area is 91.9 Å². The zero-order valence-corrected chi connectivity index (χ0v) is 8.98. The predicted octanol–water partition coefficient (Wildman–Crippen LogP) is 2.95. The van der Waals surface area contributed by atoms with Gasteiger partial charge in [-0.05, 0) is 0 Å². The summed E-state index contributed by atoms with van der Waals surface area (Å²) in [5.41, 5.74) is 0. The van der Waals surface area contributed by atoms with E-state index in [-0.39, 0.29) is 55.8 Å². The second-order valence-corrected chi connectivity index (χ2v) is 1.15. The van der Waals surface area contributed by atoms with Gasteiger partial charge in [-0.2, -0.15) is 0 Å². The van der Waals surface area contributed by atoms with E-state index in [1.807, 2.05) is 36.4 Å². The number of rotatable bonds is 0. The van der Waals surface area contributed by atoms with Crippen LogP contribution in [0.3, 0.4) is 0 Å². The van der Waals surface area contributed by atoms with Crippen molar-refractivity contribution < 1.29 is 18.6 Å². The Kier molecular flexibility index (Phi) is 36.6. The van der Waals surface area contributed by atoms with Gasteiger partial charge in [-0.15, -0.1) is 37.2 Å². The van der Waals surface area contributed by atoms with Crippen molar-refractivity contribution in [2.75, 3.05) is 0 Å². The van der Waals surface area contributed by atoms with Crippen LogP contribution in [0.4, 0.5) is 0 Å². The van der Waals surface area contributed by atoms with Crippen LogP contribution in [-0.2, 0) is 18.6 Å². The number of hydrogen-bond acceptors (Lipinski definition) is 0. The third-order valence-corrected chi connectivity index (χ3v) is 0.667. The molecule has 0 aliphatic carbocycles. The molecule has 0 bridgehead atoms. The molecule has 10 heavy (non-hydrogen) atoms. The molecular weight excluding hydrogens is 229 g/mol. The molecular formula is C6H9Cl3V. The molecule has 0 spiro atoms.